The van der Waals surface area contributed by atoms with Crippen LogP contribution in [-0.4, -0.2) is 22.0 Å². The Labute approximate surface area is 115 Å². The van der Waals surface area contributed by atoms with Crippen molar-refractivity contribution in [2.45, 2.75) is 32.3 Å². The van der Waals surface area contributed by atoms with Gasteiger partial charge in [-0.05, 0) is 18.6 Å². The van der Waals surface area contributed by atoms with E-state index in [1.165, 1.54) is 24.3 Å². The number of rotatable bonds is 7. The Kier molecular flexibility index (Phi) is 5.64. The van der Waals surface area contributed by atoms with Crippen molar-refractivity contribution in [2.24, 2.45) is 0 Å². The SMILES string of the molecule is CCCCC(=O)OC(C(=O)O)c1ccc([N+](=O)[O-])cc1. The third-order valence-corrected chi connectivity index (χ3v) is 2.61. The van der Waals surface area contributed by atoms with E-state index in [1.54, 1.807) is 0 Å². The highest BCUT2D eigenvalue weighted by Gasteiger charge is 2.24. The molecular weight excluding hydrogens is 266 g/mol. The Morgan fingerprint density at radius 1 is 1.35 bits per heavy atom. The lowest BCUT2D eigenvalue weighted by Gasteiger charge is -2.13. The molecule has 1 aromatic carbocycles. The van der Waals surface area contributed by atoms with Crippen LogP contribution in [-0.2, 0) is 14.3 Å². The van der Waals surface area contributed by atoms with Crippen LogP contribution >= 0.6 is 0 Å². The van der Waals surface area contributed by atoms with Gasteiger partial charge in [0.15, 0.2) is 0 Å². The summed E-state index contributed by atoms with van der Waals surface area (Å²) in [6.45, 7) is 1.90. The van der Waals surface area contributed by atoms with E-state index >= 15 is 0 Å². The predicted octanol–water partition coefficient (Wildman–Crippen LogP) is 2.45. The molecule has 1 rings (SSSR count). The third kappa shape index (κ3) is 4.34. The Morgan fingerprint density at radius 3 is 2.40 bits per heavy atom. The minimum atomic E-state index is -1.44. The summed E-state index contributed by atoms with van der Waals surface area (Å²) in [5, 5.41) is 19.6. The maximum atomic E-state index is 11.5. The van der Waals surface area contributed by atoms with Gasteiger partial charge in [-0.3, -0.25) is 14.9 Å². The van der Waals surface area contributed by atoms with Crippen molar-refractivity contribution < 1.29 is 24.4 Å². The molecule has 0 aliphatic carbocycles. The number of non-ortho nitro benzene ring substituents is 1. The smallest absolute Gasteiger partial charge is 0.349 e. The molecule has 0 saturated heterocycles. The highest BCUT2D eigenvalue weighted by Crippen LogP contribution is 2.22. The van der Waals surface area contributed by atoms with Gasteiger partial charge in [0.25, 0.3) is 5.69 Å². The molecule has 1 N–H and O–H groups in total. The zero-order valence-corrected chi connectivity index (χ0v) is 10.9. The summed E-state index contributed by atoms with van der Waals surface area (Å²) in [4.78, 5) is 32.5. The fourth-order valence-corrected chi connectivity index (χ4v) is 1.54. The molecule has 0 aliphatic heterocycles. The van der Waals surface area contributed by atoms with Crippen molar-refractivity contribution >= 4 is 17.6 Å². The molecule has 0 radical (unpaired) electrons. The largest absolute Gasteiger partial charge is 0.478 e. The standard InChI is InChI=1S/C13H15NO6/c1-2-3-4-11(15)20-12(13(16)17)9-5-7-10(8-6-9)14(18)19/h5-8,12H,2-4H2,1H3,(H,16,17). The minimum absolute atomic E-state index is 0.146. The van der Waals surface area contributed by atoms with Crippen LogP contribution in [0.5, 0.6) is 0 Å². The molecule has 0 spiro atoms. The van der Waals surface area contributed by atoms with Gasteiger partial charge in [-0.25, -0.2) is 4.79 Å². The van der Waals surface area contributed by atoms with Crippen LogP contribution in [0.25, 0.3) is 0 Å². The van der Waals surface area contributed by atoms with Crippen LogP contribution in [0, 0.1) is 10.1 Å². The topological polar surface area (TPSA) is 107 Å². The molecule has 1 atom stereocenters. The maximum Gasteiger partial charge on any atom is 0.349 e. The molecule has 1 aromatic rings. The van der Waals surface area contributed by atoms with E-state index in [9.17, 15) is 19.7 Å². The van der Waals surface area contributed by atoms with E-state index in [-0.39, 0.29) is 17.7 Å². The Morgan fingerprint density at radius 2 is 1.95 bits per heavy atom. The van der Waals surface area contributed by atoms with Crippen LogP contribution in [0.1, 0.15) is 37.9 Å². The lowest BCUT2D eigenvalue weighted by molar-refractivity contribution is -0.384. The normalized spacial score (nSPS) is 11.7. The predicted molar refractivity (Wildman–Crippen MR) is 69.1 cm³/mol. The first kappa shape index (κ1) is 15.6. The molecule has 0 amide bonds. The fraction of sp³-hybridized carbons (Fsp3) is 0.385. The van der Waals surface area contributed by atoms with Gasteiger partial charge in [0.05, 0.1) is 4.92 Å². The Balaban J connectivity index is 2.83. The lowest BCUT2D eigenvalue weighted by atomic mass is 10.1. The van der Waals surface area contributed by atoms with Gasteiger partial charge >= 0.3 is 11.9 Å². The first-order valence-corrected chi connectivity index (χ1v) is 6.12. The molecule has 1 unspecified atom stereocenters. The summed E-state index contributed by atoms with van der Waals surface area (Å²) < 4.78 is 4.89. The fourth-order valence-electron chi connectivity index (χ4n) is 1.54. The van der Waals surface area contributed by atoms with Crippen LogP contribution in [0.4, 0.5) is 5.69 Å². The molecular formula is C13H15NO6. The molecule has 0 bridgehead atoms. The second kappa shape index (κ2) is 7.22. The molecule has 20 heavy (non-hydrogen) atoms. The number of nitro benzene ring substituents is 1. The zero-order chi connectivity index (χ0) is 15.1. The number of esters is 1. The van der Waals surface area contributed by atoms with Crippen LogP contribution in [0.2, 0.25) is 0 Å². The van der Waals surface area contributed by atoms with E-state index in [0.717, 1.165) is 6.42 Å². The van der Waals surface area contributed by atoms with Gasteiger partial charge in [0.1, 0.15) is 0 Å². The minimum Gasteiger partial charge on any atom is -0.478 e. The third-order valence-electron chi connectivity index (χ3n) is 2.61. The average Bonchev–Trinajstić information content (AvgIpc) is 2.42. The van der Waals surface area contributed by atoms with Crippen molar-refractivity contribution in [3.8, 4) is 0 Å². The molecule has 0 fully saturated rings. The van der Waals surface area contributed by atoms with Gasteiger partial charge in [0, 0.05) is 24.1 Å². The average molecular weight is 281 g/mol. The van der Waals surface area contributed by atoms with Gasteiger partial charge in [-0.1, -0.05) is 13.3 Å². The number of carboxylic acid groups (broad SMARTS) is 1. The monoisotopic (exact) mass is 281 g/mol. The summed E-state index contributed by atoms with van der Waals surface area (Å²) in [6.07, 6.45) is 0.114. The Bertz CT molecular complexity index is 496. The first-order valence-electron chi connectivity index (χ1n) is 6.12. The number of ether oxygens (including phenoxy) is 1. The number of nitrogens with zero attached hydrogens (tertiary/aromatic N) is 1. The van der Waals surface area contributed by atoms with E-state index in [1.807, 2.05) is 6.92 Å². The number of benzene rings is 1. The van der Waals surface area contributed by atoms with Crippen molar-refractivity contribution in [3.63, 3.8) is 0 Å². The van der Waals surface area contributed by atoms with Crippen LogP contribution in [0.15, 0.2) is 24.3 Å². The van der Waals surface area contributed by atoms with Crippen LogP contribution in [0.3, 0.4) is 0 Å². The number of carbonyl (C=O) groups excluding carboxylic acids is 1. The Hall–Kier alpha value is -2.44. The van der Waals surface area contributed by atoms with Gasteiger partial charge in [-0.15, -0.1) is 0 Å². The quantitative estimate of drug-likeness (QED) is 0.467. The molecule has 0 heterocycles. The number of hydrogen-bond acceptors (Lipinski definition) is 5. The summed E-state index contributed by atoms with van der Waals surface area (Å²) in [5.41, 5.74) is 0.0307. The number of unbranched alkanes of at least 4 members (excludes halogenated alkanes) is 1. The van der Waals surface area contributed by atoms with Crippen molar-refractivity contribution in [1.82, 2.24) is 0 Å². The van der Waals surface area contributed by atoms with E-state index < -0.39 is 23.0 Å². The summed E-state index contributed by atoms with van der Waals surface area (Å²) in [5.74, 6) is -1.92. The molecule has 0 aromatic heterocycles. The number of hydrogen-bond donors (Lipinski definition) is 1. The number of aliphatic carboxylic acids is 1. The van der Waals surface area contributed by atoms with Crippen molar-refractivity contribution in [3.05, 3.63) is 39.9 Å². The summed E-state index contributed by atoms with van der Waals surface area (Å²) >= 11 is 0. The van der Waals surface area contributed by atoms with Gasteiger partial charge < -0.3 is 9.84 Å². The summed E-state index contributed by atoms with van der Waals surface area (Å²) in [7, 11) is 0. The van der Waals surface area contributed by atoms with Crippen LogP contribution < -0.4 is 0 Å². The first-order chi connectivity index (χ1) is 9.45. The van der Waals surface area contributed by atoms with E-state index in [0.29, 0.717) is 6.42 Å². The van der Waals surface area contributed by atoms with Gasteiger partial charge in [0.2, 0.25) is 6.10 Å². The number of carbonyl (C=O) groups is 2. The number of nitro groups is 1. The summed E-state index contributed by atoms with van der Waals surface area (Å²) in [6, 6.07) is 4.88. The zero-order valence-electron chi connectivity index (χ0n) is 10.9. The molecule has 0 saturated carbocycles. The van der Waals surface area contributed by atoms with Gasteiger partial charge in [-0.2, -0.15) is 0 Å². The second-order valence-corrected chi connectivity index (χ2v) is 4.16. The highest BCUT2D eigenvalue weighted by atomic mass is 16.6. The molecule has 7 heteroatoms. The van der Waals surface area contributed by atoms with E-state index in [2.05, 4.69) is 0 Å². The maximum absolute atomic E-state index is 11.5. The lowest BCUT2D eigenvalue weighted by Crippen LogP contribution is -2.19. The molecule has 0 aliphatic rings. The van der Waals surface area contributed by atoms with E-state index in [4.69, 9.17) is 9.84 Å². The highest BCUT2D eigenvalue weighted by molar-refractivity contribution is 5.79. The molecule has 108 valence electrons. The van der Waals surface area contributed by atoms with Crippen molar-refractivity contribution in [1.29, 1.82) is 0 Å². The second-order valence-electron chi connectivity index (χ2n) is 4.16. The number of carboxylic acids is 1. The van der Waals surface area contributed by atoms with Crippen molar-refractivity contribution in [2.75, 3.05) is 0 Å². The molecule has 7 nitrogen and oxygen atoms in total.